The molecule has 20 heavy (non-hydrogen) atoms. The van der Waals surface area contributed by atoms with Gasteiger partial charge in [0.25, 0.3) is 0 Å². The summed E-state index contributed by atoms with van der Waals surface area (Å²) in [6.07, 6.45) is 4.11. The van der Waals surface area contributed by atoms with E-state index >= 15 is 0 Å². The molecule has 1 N–H and O–H groups in total. The molecule has 1 aromatic rings. The molecule has 1 aliphatic carbocycles. The Morgan fingerprint density at radius 1 is 1.30 bits per heavy atom. The predicted octanol–water partition coefficient (Wildman–Crippen LogP) is 2.38. The van der Waals surface area contributed by atoms with E-state index in [1.54, 1.807) is 0 Å². The molecule has 1 unspecified atom stereocenters. The Hall–Kier alpha value is -0.420. The lowest BCUT2D eigenvalue weighted by molar-refractivity contribution is 0.269. The average Bonchev–Trinajstić information content (AvgIpc) is 3.00. The Bertz CT molecular complexity index is 427. The Balaban J connectivity index is 1.42. The largest absolute Gasteiger partial charge is 0.309 e. The highest BCUT2D eigenvalue weighted by Gasteiger charge is 2.21. The predicted molar refractivity (Wildman–Crippen MR) is 86.1 cm³/mol. The molecule has 0 spiro atoms. The summed E-state index contributed by atoms with van der Waals surface area (Å²) in [5, 5.41) is 3.59. The van der Waals surface area contributed by atoms with Crippen molar-refractivity contribution < 1.29 is 0 Å². The number of rotatable bonds is 7. The SMILES string of the molecule is CN1CCC(CN(C)Cc2ccc(CNC3CC3)s2)C1. The van der Waals surface area contributed by atoms with E-state index in [2.05, 4.69) is 41.3 Å². The molecule has 0 bridgehead atoms. The average molecular weight is 293 g/mol. The molecule has 1 aliphatic heterocycles. The maximum Gasteiger partial charge on any atom is 0.0325 e. The van der Waals surface area contributed by atoms with Gasteiger partial charge in [-0.15, -0.1) is 11.3 Å². The first-order chi connectivity index (χ1) is 9.69. The zero-order chi connectivity index (χ0) is 13.9. The molecule has 1 atom stereocenters. The van der Waals surface area contributed by atoms with Crippen molar-refractivity contribution in [1.82, 2.24) is 15.1 Å². The van der Waals surface area contributed by atoms with Crippen LogP contribution in [0.1, 0.15) is 29.0 Å². The van der Waals surface area contributed by atoms with E-state index in [1.807, 2.05) is 11.3 Å². The monoisotopic (exact) mass is 293 g/mol. The van der Waals surface area contributed by atoms with E-state index in [9.17, 15) is 0 Å². The second kappa shape index (κ2) is 6.56. The van der Waals surface area contributed by atoms with Crippen LogP contribution in [0.3, 0.4) is 0 Å². The van der Waals surface area contributed by atoms with Crippen molar-refractivity contribution in [3.05, 3.63) is 21.9 Å². The lowest BCUT2D eigenvalue weighted by Gasteiger charge is -2.20. The second-order valence-electron chi connectivity index (χ2n) is 6.64. The third kappa shape index (κ3) is 4.29. The molecule has 2 heterocycles. The fraction of sp³-hybridized carbons (Fsp3) is 0.750. The Morgan fingerprint density at radius 3 is 2.80 bits per heavy atom. The van der Waals surface area contributed by atoms with E-state index in [1.165, 1.54) is 48.7 Å². The fourth-order valence-corrected chi connectivity index (χ4v) is 4.13. The highest BCUT2D eigenvalue weighted by atomic mass is 32.1. The van der Waals surface area contributed by atoms with Gasteiger partial charge in [0.1, 0.15) is 0 Å². The first-order valence-electron chi connectivity index (χ1n) is 7.87. The summed E-state index contributed by atoms with van der Waals surface area (Å²) in [5.41, 5.74) is 0. The van der Waals surface area contributed by atoms with E-state index in [4.69, 9.17) is 0 Å². The number of nitrogens with zero attached hydrogens (tertiary/aromatic N) is 2. The molecule has 3 nitrogen and oxygen atoms in total. The van der Waals surface area contributed by atoms with Crippen molar-refractivity contribution in [2.24, 2.45) is 5.92 Å². The normalized spacial score (nSPS) is 23.9. The fourth-order valence-electron chi connectivity index (χ4n) is 3.08. The van der Waals surface area contributed by atoms with Crippen LogP contribution in [0.5, 0.6) is 0 Å². The van der Waals surface area contributed by atoms with E-state index in [-0.39, 0.29) is 0 Å². The topological polar surface area (TPSA) is 18.5 Å². The minimum atomic E-state index is 0.808. The molecule has 2 aliphatic rings. The summed E-state index contributed by atoms with van der Waals surface area (Å²) >= 11 is 1.97. The van der Waals surface area contributed by atoms with Gasteiger partial charge < -0.3 is 15.1 Å². The van der Waals surface area contributed by atoms with Gasteiger partial charge in [-0.1, -0.05) is 0 Å². The molecule has 4 heteroatoms. The van der Waals surface area contributed by atoms with Crippen molar-refractivity contribution in [3.63, 3.8) is 0 Å². The van der Waals surface area contributed by atoms with E-state index in [0.29, 0.717) is 0 Å². The first-order valence-corrected chi connectivity index (χ1v) is 8.69. The third-order valence-corrected chi connectivity index (χ3v) is 5.41. The summed E-state index contributed by atoms with van der Waals surface area (Å²) in [4.78, 5) is 7.94. The second-order valence-corrected chi connectivity index (χ2v) is 7.89. The third-order valence-electron chi connectivity index (χ3n) is 4.34. The molecular weight excluding hydrogens is 266 g/mol. The van der Waals surface area contributed by atoms with Crippen molar-refractivity contribution >= 4 is 11.3 Å². The number of likely N-dealkylation sites (tertiary alicyclic amines) is 1. The van der Waals surface area contributed by atoms with Gasteiger partial charge in [0.15, 0.2) is 0 Å². The summed E-state index contributed by atoms with van der Waals surface area (Å²) in [7, 11) is 4.50. The molecule has 112 valence electrons. The molecule has 0 amide bonds. The maximum absolute atomic E-state index is 3.59. The maximum atomic E-state index is 3.59. The summed E-state index contributed by atoms with van der Waals surface area (Å²) < 4.78 is 0. The van der Waals surface area contributed by atoms with E-state index < -0.39 is 0 Å². The zero-order valence-electron chi connectivity index (χ0n) is 12.8. The van der Waals surface area contributed by atoms with Crippen LogP contribution in [0, 0.1) is 5.92 Å². The minimum Gasteiger partial charge on any atom is -0.309 e. The molecule has 1 saturated heterocycles. The first kappa shape index (κ1) is 14.5. The van der Waals surface area contributed by atoms with Gasteiger partial charge in [-0.25, -0.2) is 0 Å². The lowest BCUT2D eigenvalue weighted by Crippen LogP contribution is -2.26. The van der Waals surface area contributed by atoms with Crippen LogP contribution in [0.4, 0.5) is 0 Å². The van der Waals surface area contributed by atoms with Crippen molar-refractivity contribution in [2.75, 3.05) is 33.7 Å². The highest BCUT2D eigenvalue weighted by molar-refractivity contribution is 7.11. The van der Waals surface area contributed by atoms with Gasteiger partial charge in [-0.2, -0.15) is 0 Å². The van der Waals surface area contributed by atoms with Crippen LogP contribution in [-0.4, -0.2) is 49.6 Å². The molecule has 1 saturated carbocycles. The Kier molecular flexibility index (Phi) is 4.76. The van der Waals surface area contributed by atoms with Gasteiger partial charge in [0.2, 0.25) is 0 Å². The standard InChI is InChI=1S/C16H27N3S/c1-18-8-7-13(10-18)11-19(2)12-16-6-5-15(20-16)9-17-14-3-4-14/h5-6,13-14,17H,3-4,7-12H2,1-2H3. The quantitative estimate of drug-likeness (QED) is 0.833. The molecule has 0 radical (unpaired) electrons. The molecule has 2 fully saturated rings. The molecule has 1 aromatic heterocycles. The number of hydrogen-bond acceptors (Lipinski definition) is 4. The molecular formula is C16H27N3S. The van der Waals surface area contributed by atoms with Crippen molar-refractivity contribution in [3.8, 4) is 0 Å². The summed E-state index contributed by atoms with van der Waals surface area (Å²) in [6, 6.07) is 5.42. The zero-order valence-corrected chi connectivity index (χ0v) is 13.6. The summed E-state index contributed by atoms with van der Waals surface area (Å²) in [6.45, 7) is 5.94. The number of thiophene rings is 1. The Labute approximate surface area is 127 Å². The van der Waals surface area contributed by atoms with Gasteiger partial charge >= 0.3 is 0 Å². The van der Waals surface area contributed by atoms with Crippen LogP contribution >= 0.6 is 11.3 Å². The van der Waals surface area contributed by atoms with Crippen LogP contribution < -0.4 is 5.32 Å². The molecule has 0 aromatic carbocycles. The van der Waals surface area contributed by atoms with E-state index in [0.717, 1.165) is 25.0 Å². The Morgan fingerprint density at radius 2 is 2.10 bits per heavy atom. The number of hydrogen-bond donors (Lipinski definition) is 1. The minimum absolute atomic E-state index is 0.808. The smallest absolute Gasteiger partial charge is 0.0325 e. The van der Waals surface area contributed by atoms with Crippen molar-refractivity contribution in [1.29, 1.82) is 0 Å². The van der Waals surface area contributed by atoms with Gasteiger partial charge in [0.05, 0.1) is 0 Å². The van der Waals surface area contributed by atoms with Gasteiger partial charge in [0, 0.05) is 42.0 Å². The van der Waals surface area contributed by atoms with Crippen LogP contribution in [-0.2, 0) is 13.1 Å². The van der Waals surface area contributed by atoms with Gasteiger partial charge in [-0.3, -0.25) is 0 Å². The van der Waals surface area contributed by atoms with Crippen molar-refractivity contribution in [2.45, 2.75) is 38.4 Å². The van der Waals surface area contributed by atoms with Crippen LogP contribution in [0.2, 0.25) is 0 Å². The lowest BCUT2D eigenvalue weighted by atomic mass is 10.1. The van der Waals surface area contributed by atoms with Crippen LogP contribution in [0.15, 0.2) is 12.1 Å². The molecule has 3 rings (SSSR count). The van der Waals surface area contributed by atoms with Crippen LogP contribution in [0.25, 0.3) is 0 Å². The highest BCUT2D eigenvalue weighted by Crippen LogP contribution is 2.23. The van der Waals surface area contributed by atoms with Gasteiger partial charge in [-0.05, 0) is 58.0 Å². The number of nitrogens with one attached hydrogen (secondary N) is 1. The summed E-state index contributed by atoms with van der Waals surface area (Å²) in [5.74, 6) is 0.862.